The Kier molecular flexibility index (Phi) is 6.09. The predicted molar refractivity (Wildman–Crippen MR) is 98.9 cm³/mol. The fourth-order valence-electron chi connectivity index (χ4n) is 2.49. The van der Waals surface area contributed by atoms with Gasteiger partial charge >= 0.3 is 6.18 Å². The monoisotopic (exact) mass is 379 g/mol. The lowest BCUT2D eigenvalue weighted by Crippen LogP contribution is -2.19. The van der Waals surface area contributed by atoms with Crippen LogP contribution in [0.25, 0.3) is 0 Å². The van der Waals surface area contributed by atoms with Crippen molar-refractivity contribution in [3.63, 3.8) is 0 Å². The van der Waals surface area contributed by atoms with Crippen molar-refractivity contribution in [1.29, 1.82) is 0 Å². The van der Waals surface area contributed by atoms with E-state index in [0.717, 1.165) is 12.1 Å². The number of halogens is 3. The van der Waals surface area contributed by atoms with E-state index in [-0.39, 0.29) is 18.0 Å². The molecule has 0 spiro atoms. The number of nitrogens with one attached hydrogen (secondary N) is 2. The molecule has 0 atom stereocenters. The molecule has 0 bridgehead atoms. The minimum absolute atomic E-state index is 0.0105. The van der Waals surface area contributed by atoms with E-state index >= 15 is 0 Å². The van der Waals surface area contributed by atoms with Crippen molar-refractivity contribution in [3.8, 4) is 0 Å². The van der Waals surface area contributed by atoms with Gasteiger partial charge in [-0.05, 0) is 35.9 Å². The standard InChI is InChI=1S/C19H20F3N3O2/c1-12(26)23-15-7-4-13(5-8-15)10-18(27)24-16-11-14(19(20,21)22)6-9-17(16)25(2)3/h4-9,11H,10H2,1-3H3,(H,23,26)(H,24,27). The molecule has 2 aromatic rings. The van der Waals surface area contributed by atoms with Crippen molar-refractivity contribution in [2.24, 2.45) is 0 Å². The number of hydrogen-bond donors (Lipinski definition) is 2. The molecule has 0 saturated heterocycles. The van der Waals surface area contributed by atoms with E-state index in [9.17, 15) is 22.8 Å². The Morgan fingerprint density at radius 3 is 2.15 bits per heavy atom. The number of anilines is 3. The molecule has 8 heteroatoms. The highest BCUT2D eigenvalue weighted by molar-refractivity contribution is 5.96. The summed E-state index contributed by atoms with van der Waals surface area (Å²) < 4.78 is 38.9. The molecule has 2 N–H and O–H groups in total. The van der Waals surface area contributed by atoms with Crippen LogP contribution in [0.3, 0.4) is 0 Å². The quantitative estimate of drug-likeness (QED) is 0.828. The van der Waals surface area contributed by atoms with Crippen LogP contribution in [0.5, 0.6) is 0 Å². The summed E-state index contributed by atoms with van der Waals surface area (Å²) in [6.07, 6.45) is -4.51. The van der Waals surface area contributed by atoms with Crippen molar-refractivity contribution in [3.05, 3.63) is 53.6 Å². The lowest BCUT2D eigenvalue weighted by Gasteiger charge is -2.20. The first-order valence-electron chi connectivity index (χ1n) is 8.11. The normalized spacial score (nSPS) is 11.0. The van der Waals surface area contributed by atoms with Crippen LogP contribution in [0.4, 0.5) is 30.2 Å². The number of alkyl halides is 3. The second-order valence-electron chi connectivity index (χ2n) is 6.23. The lowest BCUT2D eigenvalue weighted by molar-refractivity contribution is -0.137. The van der Waals surface area contributed by atoms with Crippen LogP contribution in [0.15, 0.2) is 42.5 Å². The zero-order valence-corrected chi connectivity index (χ0v) is 15.1. The molecule has 0 fully saturated rings. The number of benzene rings is 2. The average Bonchev–Trinajstić information content (AvgIpc) is 2.55. The minimum Gasteiger partial charge on any atom is -0.376 e. The molecule has 0 heterocycles. The molecule has 0 aliphatic heterocycles. The van der Waals surface area contributed by atoms with Gasteiger partial charge in [0.25, 0.3) is 0 Å². The molecule has 0 radical (unpaired) electrons. The molecule has 0 aromatic heterocycles. The second kappa shape index (κ2) is 8.11. The predicted octanol–water partition coefficient (Wildman–Crippen LogP) is 3.91. The molecule has 0 unspecified atom stereocenters. The van der Waals surface area contributed by atoms with Gasteiger partial charge in [-0.3, -0.25) is 9.59 Å². The van der Waals surface area contributed by atoms with Crippen LogP contribution in [0.2, 0.25) is 0 Å². The Bertz CT molecular complexity index is 831. The van der Waals surface area contributed by atoms with Gasteiger partial charge in [-0.2, -0.15) is 13.2 Å². The third-order valence-corrected chi connectivity index (χ3v) is 3.72. The molecule has 27 heavy (non-hydrogen) atoms. The maximum Gasteiger partial charge on any atom is 0.416 e. The molecular formula is C19H20F3N3O2. The van der Waals surface area contributed by atoms with E-state index in [1.54, 1.807) is 43.3 Å². The van der Waals surface area contributed by atoms with Crippen LogP contribution >= 0.6 is 0 Å². The van der Waals surface area contributed by atoms with E-state index in [1.165, 1.54) is 13.0 Å². The summed E-state index contributed by atoms with van der Waals surface area (Å²) in [7, 11) is 3.36. The Balaban J connectivity index is 2.15. The first-order chi connectivity index (χ1) is 12.6. The highest BCUT2D eigenvalue weighted by Gasteiger charge is 2.31. The summed E-state index contributed by atoms with van der Waals surface area (Å²) in [6, 6.07) is 9.87. The molecule has 0 aliphatic rings. The largest absolute Gasteiger partial charge is 0.416 e. The molecule has 2 aromatic carbocycles. The van der Waals surface area contributed by atoms with E-state index in [2.05, 4.69) is 10.6 Å². The zero-order chi connectivity index (χ0) is 20.2. The molecule has 5 nitrogen and oxygen atoms in total. The molecular weight excluding hydrogens is 359 g/mol. The van der Waals surface area contributed by atoms with Crippen molar-refractivity contribution in [2.75, 3.05) is 29.6 Å². The zero-order valence-electron chi connectivity index (χ0n) is 15.1. The summed E-state index contributed by atoms with van der Waals surface area (Å²) >= 11 is 0. The number of carbonyl (C=O) groups is 2. The van der Waals surface area contributed by atoms with Gasteiger partial charge in [-0.25, -0.2) is 0 Å². The molecule has 2 rings (SSSR count). The number of rotatable bonds is 5. The molecule has 144 valence electrons. The maximum atomic E-state index is 13.0. The summed E-state index contributed by atoms with van der Waals surface area (Å²) in [5, 5.41) is 5.16. The van der Waals surface area contributed by atoms with Crippen molar-refractivity contribution >= 4 is 28.9 Å². The van der Waals surface area contributed by atoms with Crippen LogP contribution in [-0.2, 0) is 22.2 Å². The fraction of sp³-hybridized carbons (Fsp3) is 0.263. The van der Waals surface area contributed by atoms with Crippen LogP contribution in [0, 0.1) is 0 Å². The number of carbonyl (C=O) groups excluding carboxylic acids is 2. The number of nitrogens with zero attached hydrogens (tertiary/aromatic N) is 1. The average molecular weight is 379 g/mol. The Labute approximate surface area is 155 Å². The Morgan fingerprint density at radius 1 is 1.00 bits per heavy atom. The van der Waals surface area contributed by atoms with E-state index in [1.807, 2.05) is 0 Å². The fourth-order valence-corrected chi connectivity index (χ4v) is 2.49. The minimum atomic E-state index is -4.50. The van der Waals surface area contributed by atoms with Crippen LogP contribution in [-0.4, -0.2) is 25.9 Å². The van der Waals surface area contributed by atoms with E-state index in [0.29, 0.717) is 16.9 Å². The van der Waals surface area contributed by atoms with Gasteiger partial charge in [0.15, 0.2) is 0 Å². The topological polar surface area (TPSA) is 61.4 Å². The molecule has 2 amide bonds. The highest BCUT2D eigenvalue weighted by atomic mass is 19.4. The highest BCUT2D eigenvalue weighted by Crippen LogP contribution is 2.35. The van der Waals surface area contributed by atoms with Gasteiger partial charge in [-0.15, -0.1) is 0 Å². The van der Waals surface area contributed by atoms with Gasteiger partial charge in [0.1, 0.15) is 0 Å². The third-order valence-electron chi connectivity index (χ3n) is 3.72. The first kappa shape index (κ1) is 20.3. The third kappa shape index (κ3) is 5.73. The maximum absolute atomic E-state index is 13.0. The van der Waals surface area contributed by atoms with Crippen molar-refractivity contribution in [1.82, 2.24) is 0 Å². The van der Waals surface area contributed by atoms with Gasteiger partial charge in [-0.1, -0.05) is 12.1 Å². The molecule has 0 saturated carbocycles. The number of hydrogen-bond acceptors (Lipinski definition) is 3. The van der Waals surface area contributed by atoms with Gasteiger partial charge in [0, 0.05) is 26.7 Å². The Morgan fingerprint density at radius 2 is 1.63 bits per heavy atom. The summed E-state index contributed by atoms with van der Waals surface area (Å²) in [4.78, 5) is 24.9. The second-order valence-corrected chi connectivity index (χ2v) is 6.23. The Hall–Kier alpha value is -3.03. The lowest BCUT2D eigenvalue weighted by atomic mass is 10.1. The summed E-state index contributed by atoms with van der Waals surface area (Å²) in [5.74, 6) is -0.647. The van der Waals surface area contributed by atoms with E-state index < -0.39 is 17.6 Å². The van der Waals surface area contributed by atoms with Crippen molar-refractivity contribution in [2.45, 2.75) is 19.5 Å². The SMILES string of the molecule is CC(=O)Nc1ccc(CC(=O)Nc2cc(C(F)(F)F)ccc2N(C)C)cc1. The van der Waals surface area contributed by atoms with E-state index in [4.69, 9.17) is 0 Å². The van der Waals surface area contributed by atoms with Gasteiger partial charge in [0.2, 0.25) is 11.8 Å². The summed E-state index contributed by atoms with van der Waals surface area (Å²) in [5.41, 5.74) is 0.995. The smallest absolute Gasteiger partial charge is 0.376 e. The molecule has 0 aliphatic carbocycles. The summed E-state index contributed by atoms with van der Waals surface area (Å²) in [6.45, 7) is 1.39. The van der Waals surface area contributed by atoms with Gasteiger partial charge in [0.05, 0.1) is 23.4 Å². The first-order valence-corrected chi connectivity index (χ1v) is 8.11. The van der Waals surface area contributed by atoms with Crippen LogP contribution in [0.1, 0.15) is 18.1 Å². The number of amides is 2. The van der Waals surface area contributed by atoms with Crippen LogP contribution < -0.4 is 15.5 Å². The van der Waals surface area contributed by atoms with Crippen molar-refractivity contribution < 1.29 is 22.8 Å². The van der Waals surface area contributed by atoms with Gasteiger partial charge < -0.3 is 15.5 Å².